The Bertz CT molecular complexity index is 514. The van der Waals surface area contributed by atoms with Crippen LogP contribution in [-0.2, 0) is 0 Å². The zero-order valence-corrected chi connectivity index (χ0v) is 7.96. The number of aryl methyl sites for hydroxylation is 2. The molecule has 2 N–H and O–H groups in total. The van der Waals surface area contributed by atoms with E-state index in [1.807, 2.05) is 13.8 Å². The maximum absolute atomic E-state index is 10.8. The first-order chi connectivity index (χ1) is 6.58. The van der Waals surface area contributed by atoms with Gasteiger partial charge in [0.2, 0.25) is 0 Å². The summed E-state index contributed by atoms with van der Waals surface area (Å²) in [5, 5.41) is 8.84. The second-order valence-electron chi connectivity index (χ2n) is 3.32. The van der Waals surface area contributed by atoms with E-state index < -0.39 is 5.97 Å². The summed E-state index contributed by atoms with van der Waals surface area (Å²) in [7, 11) is 0. The molecule has 72 valence electrons. The van der Waals surface area contributed by atoms with Crippen LogP contribution in [0.3, 0.4) is 0 Å². The number of H-pyrrole nitrogens is 1. The number of fused-ring (bicyclic) bond motifs is 1. The summed E-state index contributed by atoms with van der Waals surface area (Å²) in [6.07, 6.45) is 0. The normalized spacial score (nSPS) is 10.7. The van der Waals surface area contributed by atoms with E-state index in [0.29, 0.717) is 5.56 Å². The number of rotatable bonds is 1. The Kier molecular flexibility index (Phi) is 1.77. The zero-order valence-electron chi connectivity index (χ0n) is 7.96. The molecule has 4 nitrogen and oxygen atoms in total. The summed E-state index contributed by atoms with van der Waals surface area (Å²) >= 11 is 0. The Morgan fingerprint density at radius 2 is 2.14 bits per heavy atom. The number of nitrogens with zero attached hydrogens (tertiary/aromatic N) is 1. The zero-order chi connectivity index (χ0) is 10.3. The highest BCUT2D eigenvalue weighted by Gasteiger charge is 2.08. The SMILES string of the molecule is Cc1nc2c(C)cc(C(=O)O)cc2[nH]1. The van der Waals surface area contributed by atoms with Gasteiger partial charge in [-0.05, 0) is 31.5 Å². The van der Waals surface area contributed by atoms with E-state index in [0.717, 1.165) is 22.4 Å². The topological polar surface area (TPSA) is 66.0 Å². The molecule has 0 aliphatic carbocycles. The van der Waals surface area contributed by atoms with Crippen LogP contribution >= 0.6 is 0 Å². The maximum Gasteiger partial charge on any atom is 0.335 e. The lowest BCUT2D eigenvalue weighted by atomic mass is 10.1. The predicted octanol–water partition coefficient (Wildman–Crippen LogP) is 1.88. The minimum Gasteiger partial charge on any atom is -0.478 e. The Hall–Kier alpha value is -1.84. The molecule has 0 saturated heterocycles. The average Bonchev–Trinajstić information content (AvgIpc) is 2.45. The van der Waals surface area contributed by atoms with Gasteiger partial charge in [0.05, 0.1) is 16.6 Å². The molecule has 0 aliphatic heterocycles. The summed E-state index contributed by atoms with van der Waals surface area (Å²) in [4.78, 5) is 18.1. The molecule has 0 unspecified atom stereocenters. The van der Waals surface area contributed by atoms with Crippen molar-refractivity contribution in [3.63, 3.8) is 0 Å². The fraction of sp³-hybridized carbons (Fsp3) is 0.200. The Morgan fingerprint density at radius 3 is 2.79 bits per heavy atom. The number of benzene rings is 1. The van der Waals surface area contributed by atoms with Crippen LogP contribution in [0, 0.1) is 13.8 Å². The van der Waals surface area contributed by atoms with Crippen LogP contribution in [-0.4, -0.2) is 21.0 Å². The van der Waals surface area contributed by atoms with E-state index in [9.17, 15) is 4.79 Å². The number of nitrogens with one attached hydrogen (secondary N) is 1. The van der Waals surface area contributed by atoms with Gasteiger partial charge < -0.3 is 10.1 Å². The number of carbonyl (C=O) groups is 1. The van der Waals surface area contributed by atoms with Gasteiger partial charge in [-0.1, -0.05) is 0 Å². The van der Waals surface area contributed by atoms with Crippen molar-refractivity contribution in [3.05, 3.63) is 29.1 Å². The van der Waals surface area contributed by atoms with Gasteiger partial charge in [0.1, 0.15) is 5.82 Å². The second-order valence-corrected chi connectivity index (χ2v) is 3.32. The first-order valence-corrected chi connectivity index (χ1v) is 4.28. The Morgan fingerprint density at radius 1 is 1.43 bits per heavy atom. The molecule has 0 spiro atoms. The van der Waals surface area contributed by atoms with Crippen LogP contribution in [0.5, 0.6) is 0 Å². The first kappa shape index (κ1) is 8.74. The Labute approximate surface area is 80.6 Å². The van der Waals surface area contributed by atoms with Crippen molar-refractivity contribution in [2.75, 3.05) is 0 Å². The van der Waals surface area contributed by atoms with E-state index in [2.05, 4.69) is 9.97 Å². The number of carboxylic acids is 1. The van der Waals surface area contributed by atoms with Crippen LogP contribution in [0.2, 0.25) is 0 Å². The second kappa shape index (κ2) is 2.83. The molecule has 1 aromatic carbocycles. The molecule has 2 rings (SSSR count). The molecule has 1 heterocycles. The van der Waals surface area contributed by atoms with E-state index in [1.54, 1.807) is 12.1 Å². The minimum absolute atomic E-state index is 0.290. The summed E-state index contributed by atoms with van der Waals surface area (Å²) in [5.41, 5.74) is 2.79. The van der Waals surface area contributed by atoms with Crippen molar-refractivity contribution < 1.29 is 9.90 Å². The summed E-state index contributed by atoms with van der Waals surface area (Å²) in [6.45, 7) is 3.70. The lowest BCUT2D eigenvalue weighted by Crippen LogP contribution is -1.96. The molecule has 14 heavy (non-hydrogen) atoms. The number of aromatic carboxylic acids is 1. The maximum atomic E-state index is 10.8. The van der Waals surface area contributed by atoms with E-state index in [-0.39, 0.29) is 0 Å². The van der Waals surface area contributed by atoms with Crippen LogP contribution in [0.1, 0.15) is 21.7 Å². The van der Waals surface area contributed by atoms with Gasteiger partial charge in [0.25, 0.3) is 0 Å². The highest BCUT2D eigenvalue weighted by molar-refractivity contribution is 5.93. The van der Waals surface area contributed by atoms with Gasteiger partial charge in [-0.2, -0.15) is 0 Å². The molecule has 1 aromatic heterocycles. The molecule has 0 fully saturated rings. The quantitative estimate of drug-likeness (QED) is 0.721. The molecule has 0 amide bonds. The standard InChI is InChI=1S/C10H10N2O2/c1-5-3-7(10(13)14)4-8-9(5)12-6(2)11-8/h3-4H,1-2H3,(H,11,12)(H,13,14). The highest BCUT2D eigenvalue weighted by atomic mass is 16.4. The largest absolute Gasteiger partial charge is 0.478 e. The molecular weight excluding hydrogens is 180 g/mol. The van der Waals surface area contributed by atoms with Gasteiger partial charge in [-0.15, -0.1) is 0 Å². The third kappa shape index (κ3) is 1.25. The molecule has 4 heteroatoms. The number of hydrogen-bond donors (Lipinski definition) is 2. The molecular formula is C10H10N2O2. The van der Waals surface area contributed by atoms with Crippen LogP contribution in [0.15, 0.2) is 12.1 Å². The molecule has 0 radical (unpaired) electrons. The molecule has 0 bridgehead atoms. The van der Waals surface area contributed by atoms with Gasteiger partial charge in [-0.25, -0.2) is 9.78 Å². The fourth-order valence-electron chi connectivity index (χ4n) is 1.54. The van der Waals surface area contributed by atoms with Crippen molar-refractivity contribution in [2.24, 2.45) is 0 Å². The van der Waals surface area contributed by atoms with Crippen molar-refractivity contribution in [3.8, 4) is 0 Å². The smallest absolute Gasteiger partial charge is 0.335 e. The molecule has 0 aliphatic rings. The monoisotopic (exact) mass is 190 g/mol. The van der Waals surface area contributed by atoms with Crippen molar-refractivity contribution in [1.29, 1.82) is 0 Å². The number of carboxylic acid groups (broad SMARTS) is 1. The number of aromatic nitrogens is 2. The van der Waals surface area contributed by atoms with Crippen molar-refractivity contribution in [1.82, 2.24) is 9.97 Å². The van der Waals surface area contributed by atoms with Crippen LogP contribution in [0.4, 0.5) is 0 Å². The van der Waals surface area contributed by atoms with Crippen molar-refractivity contribution in [2.45, 2.75) is 13.8 Å². The highest BCUT2D eigenvalue weighted by Crippen LogP contribution is 2.18. The van der Waals surface area contributed by atoms with Crippen molar-refractivity contribution >= 4 is 17.0 Å². The summed E-state index contributed by atoms with van der Waals surface area (Å²) < 4.78 is 0. The third-order valence-electron chi connectivity index (χ3n) is 2.14. The minimum atomic E-state index is -0.915. The fourth-order valence-corrected chi connectivity index (χ4v) is 1.54. The lowest BCUT2D eigenvalue weighted by Gasteiger charge is -1.97. The average molecular weight is 190 g/mol. The van der Waals surface area contributed by atoms with E-state index in [4.69, 9.17) is 5.11 Å². The number of hydrogen-bond acceptors (Lipinski definition) is 2. The van der Waals surface area contributed by atoms with E-state index >= 15 is 0 Å². The Balaban J connectivity index is 2.77. The summed E-state index contributed by atoms with van der Waals surface area (Å²) in [5.74, 6) is -0.118. The van der Waals surface area contributed by atoms with Gasteiger partial charge in [-0.3, -0.25) is 0 Å². The lowest BCUT2D eigenvalue weighted by molar-refractivity contribution is 0.0697. The predicted molar refractivity (Wildman–Crippen MR) is 52.5 cm³/mol. The molecule has 0 atom stereocenters. The molecule has 0 saturated carbocycles. The molecule has 2 aromatic rings. The number of imidazole rings is 1. The van der Waals surface area contributed by atoms with Gasteiger partial charge in [0.15, 0.2) is 0 Å². The summed E-state index contributed by atoms with van der Waals surface area (Å²) in [6, 6.07) is 3.23. The first-order valence-electron chi connectivity index (χ1n) is 4.28. The van der Waals surface area contributed by atoms with Gasteiger partial charge >= 0.3 is 5.97 Å². The van der Waals surface area contributed by atoms with E-state index in [1.165, 1.54) is 0 Å². The van der Waals surface area contributed by atoms with Crippen LogP contribution in [0.25, 0.3) is 11.0 Å². The number of aromatic amines is 1. The third-order valence-corrected chi connectivity index (χ3v) is 2.14. The van der Waals surface area contributed by atoms with Gasteiger partial charge in [0, 0.05) is 0 Å². The van der Waals surface area contributed by atoms with Crippen LogP contribution < -0.4 is 0 Å².